The fraction of sp³-hybridized carbons (Fsp3) is 0.346. The van der Waals surface area contributed by atoms with Crippen LogP contribution in [0.1, 0.15) is 41.4 Å². The summed E-state index contributed by atoms with van der Waals surface area (Å²) in [6.45, 7) is 4.58. The van der Waals surface area contributed by atoms with Crippen molar-refractivity contribution >= 4 is 5.78 Å². The molecule has 1 aliphatic rings. The Morgan fingerprint density at radius 1 is 1.09 bits per heavy atom. The molecular formula is C26H29N3O4. The van der Waals surface area contributed by atoms with E-state index in [1.807, 2.05) is 43.3 Å². The quantitative estimate of drug-likeness (QED) is 0.535. The molecule has 1 N–H and O–H groups in total. The Morgan fingerprint density at radius 2 is 1.85 bits per heavy atom. The third kappa shape index (κ3) is 6.37. The predicted molar refractivity (Wildman–Crippen MR) is 125 cm³/mol. The minimum atomic E-state index is -0.574. The Kier molecular flexibility index (Phi) is 7.01. The molecule has 0 radical (unpaired) electrons. The van der Waals surface area contributed by atoms with Crippen molar-refractivity contribution in [2.24, 2.45) is 0 Å². The van der Waals surface area contributed by atoms with Crippen molar-refractivity contribution < 1.29 is 14.6 Å². The molecule has 4 rings (SSSR count). The number of ketones is 1. The SMILES string of the molecule is CC1(O)CCN(Cc2ccc(C(=O)Cn3ccc(OCc4ccccc4)cc3=O)nc2)CC1. The maximum Gasteiger partial charge on any atom is 0.254 e. The first-order valence-electron chi connectivity index (χ1n) is 11.2. The van der Waals surface area contributed by atoms with Crippen molar-refractivity contribution in [3.05, 3.63) is 94.2 Å². The third-order valence-corrected chi connectivity index (χ3v) is 5.98. The van der Waals surface area contributed by atoms with Gasteiger partial charge in [-0.25, -0.2) is 0 Å². The first-order chi connectivity index (χ1) is 15.9. The molecule has 172 valence electrons. The number of hydrogen-bond acceptors (Lipinski definition) is 6. The molecule has 0 spiro atoms. The highest BCUT2D eigenvalue weighted by molar-refractivity contribution is 5.94. The number of nitrogens with zero attached hydrogens (tertiary/aromatic N) is 3. The number of rotatable bonds is 8. The second-order valence-electron chi connectivity index (χ2n) is 8.85. The fourth-order valence-corrected chi connectivity index (χ4v) is 3.82. The molecular weight excluding hydrogens is 418 g/mol. The number of carbonyl (C=O) groups excluding carboxylic acids is 1. The number of ether oxygens (including phenoxy) is 1. The second kappa shape index (κ2) is 10.1. The molecule has 0 bridgehead atoms. The van der Waals surface area contributed by atoms with Gasteiger partial charge in [0.15, 0.2) is 0 Å². The molecule has 1 aliphatic heterocycles. The summed E-state index contributed by atoms with van der Waals surface area (Å²) in [6.07, 6.45) is 4.78. The first-order valence-corrected chi connectivity index (χ1v) is 11.2. The van der Waals surface area contributed by atoms with E-state index in [2.05, 4.69) is 9.88 Å². The van der Waals surface area contributed by atoms with E-state index < -0.39 is 5.60 Å². The molecule has 1 saturated heterocycles. The van der Waals surface area contributed by atoms with Crippen LogP contribution in [0.25, 0.3) is 0 Å². The summed E-state index contributed by atoms with van der Waals surface area (Å²) in [5, 5.41) is 10.1. The van der Waals surface area contributed by atoms with Gasteiger partial charge in [-0.05, 0) is 43.0 Å². The van der Waals surface area contributed by atoms with Crippen LogP contribution < -0.4 is 10.3 Å². The van der Waals surface area contributed by atoms with E-state index in [0.29, 0.717) is 18.1 Å². The van der Waals surface area contributed by atoms with E-state index >= 15 is 0 Å². The van der Waals surface area contributed by atoms with Gasteiger partial charge in [-0.2, -0.15) is 0 Å². The molecule has 0 amide bonds. The molecule has 1 aromatic carbocycles. The summed E-state index contributed by atoms with van der Waals surface area (Å²) in [7, 11) is 0. The number of likely N-dealkylation sites (tertiary alicyclic amines) is 1. The zero-order chi connectivity index (χ0) is 23.3. The lowest BCUT2D eigenvalue weighted by atomic mass is 9.94. The van der Waals surface area contributed by atoms with E-state index in [1.54, 1.807) is 24.5 Å². The summed E-state index contributed by atoms with van der Waals surface area (Å²) < 4.78 is 7.03. The van der Waals surface area contributed by atoms with Gasteiger partial charge in [0.2, 0.25) is 5.78 Å². The highest BCUT2D eigenvalue weighted by Gasteiger charge is 2.27. The largest absolute Gasteiger partial charge is 0.489 e. The normalized spacial score (nSPS) is 15.8. The van der Waals surface area contributed by atoms with Gasteiger partial charge in [0.1, 0.15) is 18.1 Å². The number of pyridine rings is 2. The van der Waals surface area contributed by atoms with E-state index in [1.165, 1.54) is 10.6 Å². The summed E-state index contributed by atoms with van der Waals surface area (Å²) in [6, 6.07) is 16.4. The van der Waals surface area contributed by atoms with Crippen LogP contribution in [0.4, 0.5) is 0 Å². The van der Waals surface area contributed by atoms with Gasteiger partial charge in [-0.1, -0.05) is 36.4 Å². The minimum absolute atomic E-state index is 0.0780. The average molecular weight is 448 g/mol. The number of benzene rings is 1. The lowest BCUT2D eigenvalue weighted by Gasteiger charge is -2.35. The average Bonchev–Trinajstić information content (AvgIpc) is 2.82. The molecule has 0 unspecified atom stereocenters. The highest BCUT2D eigenvalue weighted by Crippen LogP contribution is 2.22. The van der Waals surface area contributed by atoms with E-state index in [9.17, 15) is 14.7 Å². The molecule has 3 aromatic rings. The predicted octanol–water partition coefficient (Wildman–Crippen LogP) is 3.05. The van der Waals surface area contributed by atoms with Crippen LogP contribution in [0, 0.1) is 0 Å². The van der Waals surface area contributed by atoms with Gasteiger partial charge in [-0.3, -0.25) is 19.5 Å². The molecule has 7 nitrogen and oxygen atoms in total. The molecule has 2 aromatic heterocycles. The Hall–Kier alpha value is -3.29. The molecule has 3 heterocycles. The second-order valence-corrected chi connectivity index (χ2v) is 8.85. The zero-order valence-corrected chi connectivity index (χ0v) is 18.8. The van der Waals surface area contributed by atoms with Crippen LogP contribution >= 0.6 is 0 Å². The maximum absolute atomic E-state index is 12.6. The maximum atomic E-state index is 12.6. The Balaban J connectivity index is 1.31. The zero-order valence-electron chi connectivity index (χ0n) is 18.8. The van der Waals surface area contributed by atoms with Crippen molar-refractivity contribution in [1.29, 1.82) is 0 Å². The molecule has 0 saturated carbocycles. The smallest absolute Gasteiger partial charge is 0.254 e. The Bertz CT molecular complexity index is 1130. The topological polar surface area (TPSA) is 84.7 Å². The molecule has 0 aliphatic carbocycles. The van der Waals surface area contributed by atoms with Crippen molar-refractivity contribution in [2.45, 2.75) is 45.1 Å². The number of piperidine rings is 1. The van der Waals surface area contributed by atoms with Gasteiger partial charge < -0.3 is 14.4 Å². The first kappa shape index (κ1) is 22.9. The minimum Gasteiger partial charge on any atom is -0.489 e. The van der Waals surface area contributed by atoms with E-state index in [4.69, 9.17) is 4.74 Å². The summed E-state index contributed by atoms with van der Waals surface area (Å²) in [4.78, 5) is 31.7. The molecule has 1 fully saturated rings. The summed E-state index contributed by atoms with van der Waals surface area (Å²) >= 11 is 0. The van der Waals surface area contributed by atoms with Crippen LogP contribution in [0.5, 0.6) is 5.75 Å². The fourth-order valence-electron chi connectivity index (χ4n) is 3.82. The van der Waals surface area contributed by atoms with Crippen LogP contribution in [0.2, 0.25) is 0 Å². The van der Waals surface area contributed by atoms with Gasteiger partial charge in [0.05, 0.1) is 12.1 Å². The Labute approximate surface area is 193 Å². The van der Waals surface area contributed by atoms with Crippen molar-refractivity contribution in [2.75, 3.05) is 13.1 Å². The van der Waals surface area contributed by atoms with Crippen molar-refractivity contribution in [3.8, 4) is 5.75 Å². The van der Waals surface area contributed by atoms with Gasteiger partial charge in [0, 0.05) is 38.1 Å². The third-order valence-electron chi connectivity index (χ3n) is 5.98. The van der Waals surface area contributed by atoms with Gasteiger partial charge in [0.25, 0.3) is 5.56 Å². The summed E-state index contributed by atoms with van der Waals surface area (Å²) in [5.74, 6) is 0.241. The van der Waals surface area contributed by atoms with Crippen LogP contribution in [0.3, 0.4) is 0 Å². The lowest BCUT2D eigenvalue weighted by molar-refractivity contribution is -0.00732. The number of carbonyl (C=O) groups is 1. The number of aromatic nitrogens is 2. The number of hydrogen-bond donors (Lipinski definition) is 1. The molecule has 33 heavy (non-hydrogen) atoms. The van der Waals surface area contributed by atoms with Gasteiger partial charge in [-0.15, -0.1) is 0 Å². The standard InChI is InChI=1S/C26H29N3O4/c1-26(32)10-13-28(14-11-26)17-21-7-8-23(27-16-21)24(30)18-29-12-9-22(15-25(29)31)33-19-20-5-3-2-4-6-20/h2-9,12,15-16,32H,10-11,13-14,17-19H2,1H3. The highest BCUT2D eigenvalue weighted by atomic mass is 16.5. The van der Waals surface area contributed by atoms with Crippen LogP contribution in [-0.4, -0.2) is 44.0 Å². The molecule has 7 heteroatoms. The summed E-state index contributed by atoms with van der Waals surface area (Å²) in [5.41, 5.74) is 1.49. The number of aliphatic hydroxyl groups is 1. The molecule has 0 atom stereocenters. The monoisotopic (exact) mass is 447 g/mol. The van der Waals surface area contributed by atoms with Crippen LogP contribution in [0.15, 0.2) is 71.8 Å². The van der Waals surface area contributed by atoms with Crippen LogP contribution in [-0.2, 0) is 19.7 Å². The van der Waals surface area contributed by atoms with Gasteiger partial charge >= 0.3 is 0 Å². The van der Waals surface area contributed by atoms with E-state index in [-0.39, 0.29) is 17.9 Å². The lowest BCUT2D eigenvalue weighted by Crippen LogP contribution is -2.41. The number of Topliss-reactive ketones (excluding diaryl/α,β-unsaturated/α-hetero) is 1. The van der Waals surface area contributed by atoms with Crippen molar-refractivity contribution in [1.82, 2.24) is 14.5 Å². The van der Waals surface area contributed by atoms with E-state index in [0.717, 1.165) is 43.6 Å². The van der Waals surface area contributed by atoms with Crippen molar-refractivity contribution in [3.63, 3.8) is 0 Å². The Morgan fingerprint density at radius 3 is 2.52 bits per heavy atom.